The fraction of sp³-hybridized carbons (Fsp3) is 0.115. The molecule has 0 unspecified atom stereocenters. The summed E-state index contributed by atoms with van der Waals surface area (Å²) in [6.45, 7) is -0.308. The highest BCUT2D eigenvalue weighted by molar-refractivity contribution is 5.95. The number of rotatable bonds is 8. The lowest BCUT2D eigenvalue weighted by molar-refractivity contribution is -0.137. The van der Waals surface area contributed by atoms with Crippen molar-refractivity contribution in [3.05, 3.63) is 102 Å². The van der Waals surface area contributed by atoms with Crippen molar-refractivity contribution in [1.82, 2.24) is 14.7 Å². The Morgan fingerprint density at radius 2 is 1.58 bits per heavy atom. The van der Waals surface area contributed by atoms with E-state index in [2.05, 4.69) is 5.10 Å². The van der Waals surface area contributed by atoms with Crippen LogP contribution in [0.3, 0.4) is 0 Å². The molecule has 7 nitrogen and oxygen atoms in total. The summed E-state index contributed by atoms with van der Waals surface area (Å²) in [7, 11) is 1.57. The highest BCUT2D eigenvalue weighted by atomic mass is 16.5. The minimum atomic E-state index is -1.09. The summed E-state index contributed by atoms with van der Waals surface area (Å²) in [5.41, 5.74) is 3.40. The molecule has 0 saturated carbocycles. The SMILES string of the molecule is COc1ccc(CN(CC(=O)O)C(=O)c2cc(-c3ccccc3)n(-c3ccccc3)n2)cc1. The van der Waals surface area contributed by atoms with Gasteiger partial charge in [-0.25, -0.2) is 4.68 Å². The van der Waals surface area contributed by atoms with Crippen LogP contribution in [0, 0.1) is 0 Å². The van der Waals surface area contributed by atoms with Gasteiger partial charge in [0.05, 0.1) is 18.5 Å². The van der Waals surface area contributed by atoms with Crippen molar-refractivity contribution in [1.29, 1.82) is 0 Å². The summed E-state index contributed by atoms with van der Waals surface area (Å²) in [6, 6.07) is 28.0. The van der Waals surface area contributed by atoms with E-state index < -0.39 is 18.4 Å². The zero-order valence-corrected chi connectivity index (χ0v) is 18.1. The minimum Gasteiger partial charge on any atom is -0.497 e. The molecular formula is C26H23N3O4. The topological polar surface area (TPSA) is 84.7 Å². The number of carbonyl (C=O) groups is 2. The number of para-hydroxylation sites is 1. The van der Waals surface area contributed by atoms with Crippen LogP contribution < -0.4 is 4.74 Å². The van der Waals surface area contributed by atoms with Crippen LogP contribution in [0.2, 0.25) is 0 Å². The lowest BCUT2D eigenvalue weighted by Crippen LogP contribution is -2.35. The third kappa shape index (κ3) is 5.10. The molecule has 166 valence electrons. The number of ether oxygens (including phenoxy) is 1. The molecule has 1 amide bonds. The molecule has 1 heterocycles. The first-order valence-electron chi connectivity index (χ1n) is 10.4. The molecule has 0 aliphatic rings. The van der Waals surface area contributed by atoms with Crippen LogP contribution >= 0.6 is 0 Å². The van der Waals surface area contributed by atoms with Crippen LogP contribution in [0.25, 0.3) is 16.9 Å². The van der Waals surface area contributed by atoms with Gasteiger partial charge in [0.1, 0.15) is 12.3 Å². The molecule has 1 aromatic heterocycles. The quantitative estimate of drug-likeness (QED) is 0.441. The second-order valence-electron chi connectivity index (χ2n) is 7.43. The van der Waals surface area contributed by atoms with Crippen molar-refractivity contribution >= 4 is 11.9 Å². The molecule has 0 fully saturated rings. The largest absolute Gasteiger partial charge is 0.497 e. The summed E-state index contributed by atoms with van der Waals surface area (Å²) in [6.07, 6.45) is 0. The van der Waals surface area contributed by atoms with Gasteiger partial charge in [0.2, 0.25) is 0 Å². The van der Waals surface area contributed by atoms with Crippen molar-refractivity contribution in [2.75, 3.05) is 13.7 Å². The van der Waals surface area contributed by atoms with Gasteiger partial charge in [-0.05, 0) is 35.9 Å². The molecule has 0 bridgehead atoms. The minimum absolute atomic E-state index is 0.133. The first kappa shape index (κ1) is 21.8. The van der Waals surface area contributed by atoms with E-state index in [0.717, 1.165) is 22.5 Å². The number of carboxylic acid groups (broad SMARTS) is 1. The van der Waals surface area contributed by atoms with Crippen molar-refractivity contribution in [2.24, 2.45) is 0 Å². The van der Waals surface area contributed by atoms with Crippen LogP contribution in [-0.2, 0) is 11.3 Å². The standard InChI is InChI=1S/C26H23N3O4/c1-33-22-14-12-19(13-15-22)17-28(18-25(30)31)26(32)23-16-24(20-8-4-2-5-9-20)29(27-23)21-10-6-3-7-11-21/h2-16H,17-18H2,1H3,(H,30,31). The molecule has 0 atom stereocenters. The molecule has 0 saturated heterocycles. The maximum absolute atomic E-state index is 13.4. The van der Waals surface area contributed by atoms with Gasteiger partial charge in [-0.1, -0.05) is 60.7 Å². The zero-order valence-electron chi connectivity index (χ0n) is 18.1. The van der Waals surface area contributed by atoms with Crippen molar-refractivity contribution in [3.63, 3.8) is 0 Å². The number of aromatic nitrogens is 2. The maximum atomic E-state index is 13.4. The van der Waals surface area contributed by atoms with E-state index >= 15 is 0 Å². The Kier molecular flexibility index (Phi) is 6.50. The van der Waals surface area contributed by atoms with E-state index in [1.807, 2.05) is 60.7 Å². The van der Waals surface area contributed by atoms with Crippen LogP contribution in [0.1, 0.15) is 16.1 Å². The third-order valence-corrected chi connectivity index (χ3v) is 5.14. The molecule has 7 heteroatoms. The number of hydrogen-bond acceptors (Lipinski definition) is 4. The van der Waals surface area contributed by atoms with Crippen molar-refractivity contribution < 1.29 is 19.4 Å². The number of carbonyl (C=O) groups excluding carboxylic acids is 1. The predicted molar refractivity (Wildman–Crippen MR) is 124 cm³/mol. The molecule has 4 aromatic rings. The highest BCUT2D eigenvalue weighted by Crippen LogP contribution is 2.25. The smallest absolute Gasteiger partial charge is 0.323 e. The van der Waals surface area contributed by atoms with Crippen LogP contribution in [0.5, 0.6) is 5.75 Å². The van der Waals surface area contributed by atoms with Gasteiger partial charge in [0, 0.05) is 12.1 Å². The summed E-state index contributed by atoms with van der Waals surface area (Å²) in [5, 5.41) is 14.0. The summed E-state index contributed by atoms with van der Waals surface area (Å²) in [4.78, 5) is 26.2. The maximum Gasteiger partial charge on any atom is 0.323 e. The first-order chi connectivity index (χ1) is 16.0. The Hall–Kier alpha value is -4.39. The van der Waals surface area contributed by atoms with Gasteiger partial charge in [0.25, 0.3) is 5.91 Å². The van der Waals surface area contributed by atoms with Gasteiger partial charge >= 0.3 is 5.97 Å². The average Bonchev–Trinajstić information content (AvgIpc) is 3.30. The molecule has 3 aromatic carbocycles. The summed E-state index contributed by atoms with van der Waals surface area (Å²) in [5.74, 6) is -0.869. The van der Waals surface area contributed by atoms with Gasteiger partial charge < -0.3 is 14.7 Å². The Bertz CT molecular complexity index is 1180. The number of nitrogens with zero attached hydrogens (tertiary/aromatic N) is 3. The lowest BCUT2D eigenvalue weighted by atomic mass is 10.1. The number of methoxy groups -OCH3 is 1. The van der Waals surface area contributed by atoms with Crippen molar-refractivity contribution in [3.8, 4) is 22.7 Å². The molecule has 0 aliphatic heterocycles. The molecule has 4 rings (SSSR count). The van der Waals surface area contributed by atoms with Crippen molar-refractivity contribution in [2.45, 2.75) is 6.54 Å². The van der Waals surface area contributed by atoms with Gasteiger partial charge in [0.15, 0.2) is 5.69 Å². The Morgan fingerprint density at radius 1 is 0.939 bits per heavy atom. The van der Waals surface area contributed by atoms with E-state index in [4.69, 9.17) is 4.74 Å². The zero-order chi connectivity index (χ0) is 23.2. The monoisotopic (exact) mass is 441 g/mol. The average molecular weight is 441 g/mol. The molecule has 0 aliphatic carbocycles. The lowest BCUT2D eigenvalue weighted by Gasteiger charge is -2.20. The molecule has 0 spiro atoms. The highest BCUT2D eigenvalue weighted by Gasteiger charge is 2.24. The number of carboxylic acids is 1. The van der Waals surface area contributed by atoms with E-state index in [1.54, 1.807) is 42.1 Å². The first-order valence-corrected chi connectivity index (χ1v) is 10.4. The Labute approximate surface area is 191 Å². The van der Waals surface area contributed by atoms with Gasteiger partial charge in [-0.2, -0.15) is 5.10 Å². The Morgan fingerprint density at radius 3 is 2.18 bits per heavy atom. The Balaban J connectivity index is 1.71. The number of aliphatic carboxylic acids is 1. The number of amides is 1. The third-order valence-electron chi connectivity index (χ3n) is 5.14. The van der Waals surface area contributed by atoms with Gasteiger partial charge in [-0.3, -0.25) is 9.59 Å². The molecular weight excluding hydrogens is 418 g/mol. The molecule has 0 radical (unpaired) electrons. The molecule has 1 N–H and O–H groups in total. The van der Waals surface area contributed by atoms with E-state index in [0.29, 0.717) is 5.75 Å². The summed E-state index contributed by atoms with van der Waals surface area (Å²) >= 11 is 0. The second kappa shape index (κ2) is 9.82. The second-order valence-corrected chi connectivity index (χ2v) is 7.43. The van der Waals surface area contributed by atoms with Crippen LogP contribution in [0.4, 0.5) is 0 Å². The predicted octanol–water partition coefficient (Wildman–Crippen LogP) is 4.27. The van der Waals surface area contributed by atoms with E-state index in [9.17, 15) is 14.7 Å². The fourth-order valence-electron chi connectivity index (χ4n) is 3.54. The van der Waals surface area contributed by atoms with Crippen LogP contribution in [-0.4, -0.2) is 45.3 Å². The fourth-order valence-corrected chi connectivity index (χ4v) is 3.54. The molecule has 33 heavy (non-hydrogen) atoms. The number of hydrogen-bond donors (Lipinski definition) is 1. The van der Waals surface area contributed by atoms with E-state index in [-0.39, 0.29) is 12.2 Å². The van der Waals surface area contributed by atoms with Crippen LogP contribution in [0.15, 0.2) is 91.0 Å². The summed E-state index contributed by atoms with van der Waals surface area (Å²) < 4.78 is 6.87. The van der Waals surface area contributed by atoms with E-state index in [1.165, 1.54) is 4.90 Å². The van der Waals surface area contributed by atoms with Gasteiger partial charge in [-0.15, -0.1) is 0 Å². The number of benzene rings is 3. The normalized spacial score (nSPS) is 10.6.